The fourth-order valence-electron chi connectivity index (χ4n) is 2.63. The molecule has 0 N–H and O–H groups in total. The zero-order valence-corrected chi connectivity index (χ0v) is 14.6. The highest BCUT2D eigenvalue weighted by Crippen LogP contribution is 2.29. The van der Waals surface area contributed by atoms with Gasteiger partial charge in [-0.05, 0) is 35.4 Å². The molecule has 3 rings (SSSR count). The third-order valence-corrected chi connectivity index (χ3v) is 4.25. The second-order valence-electron chi connectivity index (χ2n) is 5.65. The van der Waals surface area contributed by atoms with Gasteiger partial charge in [-0.1, -0.05) is 18.2 Å². The van der Waals surface area contributed by atoms with Gasteiger partial charge in [-0.15, -0.1) is 11.6 Å². The van der Waals surface area contributed by atoms with Crippen molar-refractivity contribution in [1.82, 2.24) is 0 Å². The molecule has 1 aliphatic heterocycles. The van der Waals surface area contributed by atoms with E-state index in [1.54, 1.807) is 12.1 Å². The van der Waals surface area contributed by atoms with Gasteiger partial charge in [-0.2, -0.15) is 0 Å². The topological polar surface area (TPSA) is 78.9 Å². The number of alkyl halides is 1. The largest absolute Gasteiger partial charge is 0.465 e. The summed E-state index contributed by atoms with van der Waals surface area (Å²) in [6.45, 7) is 0. The number of ether oxygens (including phenoxy) is 3. The van der Waals surface area contributed by atoms with E-state index in [4.69, 9.17) is 21.1 Å². The summed E-state index contributed by atoms with van der Waals surface area (Å²) in [5.41, 5.74) is 1.60. The van der Waals surface area contributed by atoms with Gasteiger partial charge >= 0.3 is 17.9 Å². The number of rotatable bonds is 4. The Bertz CT molecular complexity index is 865. The van der Waals surface area contributed by atoms with E-state index in [0.29, 0.717) is 17.9 Å². The van der Waals surface area contributed by atoms with Gasteiger partial charge < -0.3 is 14.2 Å². The molecule has 6 nitrogen and oxygen atoms in total. The third kappa shape index (κ3) is 3.70. The van der Waals surface area contributed by atoms with E-state index >= 15 is 0 Å². The quantitative estimate of drug-likeness (QED) is 0.349. The number of carbonyl (C=O) groups is 3. The van der Waals surface area contributed by atoms with Crippen LogP contribution in [0.3, 0.4) is 0 Å². The lowest BCUT2D eigenvalue weighted by molar-refractivity contribution is -0.147. The molecule has 0 aromatic heterocycles. The molecule has 0 fully saturated rings. The van der Waals surface area contributed by atoms with Crippen molar-refractivity contribution in [2.75, 3.05) is 13.0 Å². The van der Waals surface area contributed by atoms with Crippen LogP contribution in [0.15, 0.2) is 59.2 Å². The molecule has 0 saturated carbocycles. The minimum Gasteiger partial charge on any atom is -0.465 e. The Balaban J connectivity index is 1.82. The highest BCUT2D eigenvalue weighted by molar-refractivity contribution is 6.19. The molecule has 0 amide bonds. The van der Waals surface area contributed by atoms with Crippen LogP contribution in [0.25, 0.3) is 0 Å². The number of hydrogen-bond acceptors (Lipinski definition) is 6. The first-order chi connectivity index (χ1) is 12.5. The van der Waals surface area contributed by atoms with Crippen LogP contribution in [-0.4, -0.2) is 37.0 Å². The number of halogens is 1. The molecule has 26 heavy (non-hydrogen) atoms. The Hall–Kier alpha value is -2.86. The van der Waals surface area contributed by atoms with E-state index in [0.717, 1.165) is 5.57 Å². The zero-order valence-electron chi connectivity index (χ0n) is 13.9. The molecule has 1 aromatic rings. The summed E-state index contributed by atoms with van der Waals surface area (Å²) in [4.78, 5) is 36.0. The van der Waals surface area contributed by atoms with Crippen molar-refractivity contribution < 1.29 is 28.6 Å². The predicted octanol–water partition coefficient (Wildman–Crippen LogP) is 2.73. The first-order valence-corrected chi connectivity index (χ1v) is 8.35. The van der Waals surface area contributed by atoms with Gasteiger partial charge in [0, 0.05) is 12.3 Å². The predicted molar refractivity (Wildman–Crippen MR) is 92.9 cm³/mol. The fourth-order valence-corrected chi connectivity index (χ4v) is 2.82. The maximum absolute atomic E-state index is 12.4. The molecule has 0 saturated heterocycles. The molecule has 7 heteroatoms. The number of hydrogen-bond donors (Lipinski definition) is 0. The summed E-state index contributed by atoms with van der Waals surface area (Å²) in [7, 11) is 1.25. The van der Waals surface area contributed by atoms with Gasteiger partial charge in [0.15, 0.2) is 0 Å². The highest BCUT2D eigenvalue weighted by atomic mass is 35.5. The van der Waals surface area contributed by atoms with E-state index in [1.807, 2.05) is 6.08 Å². The van der Waals surface area contributed by atoms with Crippen LogP contribution in [0.5, 0.6) is 5.75 Å². The third-order valence-electron chi connectivity index (χ3n) is 3.94. The summed E-state index contributed by atoms with van der Waals surface area (Å²) < 4.78 is 15.1. The number of benzene rings is 1. The van der Waals surface area contributed by atoms with Crippen molar-refractivity contribution >= 4 is 29.5 Å². The van der Waals surface area contributed by atoms with E-state index in [-0.39, 0.29) is 16.9 Å². The average Bonchev–Trinajstić information content (AvgIpc) is 2.66. The standard InChI is InChI=1S/C19H15ClO6/c1-24-17(21)12-3-2-4-14(8-12)25-18(22)15-9-13-7-11(10-20)5-6-16(13)26-19(15)23/h2-5,7-9,16H,6,10H2,1H3. The summed E-state index contributed by atoms with van der Waals surface area (Å²) >= 11 is 5.83. The van der Waals surface area contributed by atoms with Crippen molar-refractivity contribution in [2.45, 2.75) is 12.5 Å². The maximum atomic E-state index is 12.4. The van der Waals surface area contributed by atoms with Gasteiger partial charge in [-0.3, -0.25) is 0 Å². The van der Waals surface area contributed by atoms with E-state index < -0.39 is 24.0 Å². The molecule has 1 atom stereocenters. The highest BCUT2D eigenvalue weighted by Gasteiger charge is 2.33. The van der Waals surface area contributed by atoms with Crippen molar-refractivity contribution in [1.29, 1.82) is 0 Å². The molecule has 1 aromatic carbocycles. The van der Waals surface area contributed by atoms with Gasteiger partial charge in [0.1, 0.15) is 17.4 Å². The second kappa shape index (κ2) is 7.58. The first kappa shape index (κ1) is 17.9. The smallest absolute Gasteiger partial charge is 0.350 e. The number of fused-ring (bicyclic) bond motifs is 1. The van der Waals surface area contributed by atoms with Gasteiger partial charge in [0.25, 0.3) is 0 Å². The monoisotopic (exact) mass is 374 g/mol. The minimum atomic E-state index is -0.863. The van der Waals surface area contributed by atoms with Crippen LogP contribution in [0.2, 0.25) is 0 Å². The molecule has 1 aliphatic carbocycles. The fraction of sp³-hybridized carbons (Fsp3) is 0.211. The van der Waals surface area contributed by atoms with E-state index in [9.17, 15) is 14.4 Å². The lowest BCUT2D eigenvalue weighted by Gasteiger charge is -2.26. The lowest BCUT2D eigenvalue weighted by Crippen LogP contribution is -2.31. The summed E-state index contributed by atoms with van der Waals surface area (Å²) in [6, 6.07) is 5.92. The molecule has 0 bridgehead atoms. The van der Waals surface area contributed by atoms with Crippen LogP contribution in [0.1, 0.15) is 16.8 Å². The second-order valence-corrected chi connectivity index (χ2v) is 5.92. The molecule has 0 radical (unpaired) electrons. The van der Waals surface area contributed by atoms with Crippen molar-refractivity contribution in [2.24, 2.45) is 0 Å². The van der Waals surface area contributed by atoms with E-state index in [1.165, 1.54) is 31.4 Å². The number of methoxy groups -OCH3 is 1. The Morgan fingerprint density at radius 1 is 1.27 bits per heavy atom. The number of allylic oxidation sites excluding steroid dienone is 2. The minimum absolute atomic E-state index is 0.118. The van der Waals surface area contributed by atoms with Crippen LogP contribution in [0, 0.1) is 0 Å². The van der Waals surface area contributed by atoms with Crippen LogP contribution in [0.4, 0.5) is 0 Å². The van der Waals surface area contributed by atoms with E-state index in [2.05, 4.69) is 4.74 Å². The normalized spacial score (nSPS) is 18.6. The maximum Gasteiger partial charge on any atom is 0.350 e. The number of esters is 3. The number of carbonyl (C=O) groups excluding carboxylic acids is 3. The molecular weight excluding hydrogens is 360 g/mol. The summed E-state index contributed by atoms with van der Waals surface area (Å²) in [6.07, 6.45) is 5.24. The van der Waals surface area contributed by atoms with Crippen molar-refractivity contribution in [3.8, 4) is 5.75 Å². The van der Waals surface area contributed by atoms with Crippen LogP contribution < -0.4 is 4.74 Å². The Morgan fingerprint density at radius 2 is 2.08 bits per heavy atom. The van der Waals surface area contributed by atoms with Crippen molar-refractivity contribution in [3.05, 3.63) is 64.8 Å². The summed E-state index contributed by atoms with van der Waals surface area (Å²) in [5, 5.41) is 0. The first-order valence-electron chi connectivity index (χ1n) is 7.81. The van der Waals surface area contributed by atoms with Gasteiger partial charge in [-0.25, -0.2) is 14.4 Å². The Kier molecular flexibility index (Phi) is 5.23. The van der Waals surface area contributed by atoms with Crippen LogP contribution >= 0.6 is 11.6 Å². The summed E-state index contributed by atoms with van der Waals surface area (Å²) in [5.74, 6) is -1.72. The molecule has 134 valence electrons. The zero-order chi connectivity index (χ0) is 18.7. The average molecular weight is 375 g/mol. The molecule has 1 unspecified atom stereocenters. The SMILES string of the molecule is COC(=O)c1cccc(OC(=O)C2=CC3=CC(CCl)=CCC3OC2=O)c1. The molecule has 0 spiro atoms. The van der Waals surface area contributed by atoms with Crippen LogP contribution in [-0.2, 0) is 19.1 Å². The molecule has 1 heterocycles. The molecular formula is C19H15ClO6. The Morgan fingerprint density at radius 3 is 2.81 bits per heavy atom. The Labute approximate surface area is 154 Å². The lowest BCUT2D eigenvalue weighted by atomic mass is 9.93. The van der Waals surface area contributed by atoms with Gasteiger partial charge in [0.05, 0.1) is 12.7 Å². The van der Waals surface area contributed by atoms with Crippen molar-refractivity contribution in [3.63, 3.8) is 0 Å². The molecule has 2 aliphatic rings. The van der Waals surface area contributed by atoms with Gasteiger partial charge in [0.2, 0.25) is 0 Å².